The van der Waals surface area contributed by atoms with Gasteiger partial charge in [-0.1, -0.05) is 42.8 Å². The van der Waals surface area contributed by atoms with Gasteiger partial charge in [0, 0.05) is 16.8 Å². The van der Waals surface area contributed by atoms with E-state index in [-0.39, 0.29) is 24.5 Å². The molecule has 5 rings (SSSR count). The number of pyridine rings is 1. The Labute approximate surface area is 251 Å². The number of hydrogen-bond donors (Lipinski definition) is 2. The molecule has 2 aromatic heterocycles. The maximum atomic E-state index is 15.4. The number of carbonyl (C=O) groups is 1. The normalized spacial score (nSPS) is 11.5. The number of methoxy groups -OCH3 is 1. The number of ether oxygens (including phenoxy) is 1. The quantitative estimate of drug-likeness (QED) is 0.183. The molecule has 0 aliphatic rings. The first-order valence-electron chi connectivity index (χ1n) is 13.1. The van der Waals surface area contributed by atoms with Gasteiger partial charge in [0.05, 0.1) is 30.5 Å². The molecule has 0 saturated carbocycles. The summed E-state index contributed by atoms with van der Waals surface area (Å²) in [7, 11) is -2.34. The van der Waals surface area contributed by atoms with Crippen LogP contribution in [-0.4, -0.2) is 42.0 Å². The summed E-state index contributed by atoms with van der Waals surface area (Å²) in [5.41, 5.74) is 1.25. The molecule has 0 aliphatic heterocycles. The Morgan fingerprint density at radius 3 is 2.42 bits per heavy atom. The van der Waals surface area contributed by atoms with Crippen LogP contribution < -0.4 is 14.8 Å². The first kappa shape index (κ1) is 29.9. The standard InChI is InChI=1S/C30H26ClF2N5O4S/c1-3-14-43(40,41)37-25-13-12-24(32)26(27(25)33)30(39)35-28-23-15-20(19-6-8-21(31)9-7-19)16-34-29(23)38(36-28)17-18-4-10-22(42-2)11-5-18/h4-13,15-16,37H,3,14,17H2,1-2H3,(H,35,36,39). The van der Waals surface area contributed by atoms with Gasteiger partial charge in [-0.3, -0.25) is 9.52 Å². The highest BCUT2D eigenvalue weighted by Gasteiger charge is 2.25. The van der Waals surface area contributed by atoms with E-state index in [0.29, 0.717) is 27.4 Å². The van der Waals surface area contributed by atoms with E-state index in [9.17, 15) is 17.6 Å². The van der Waals surface area contributed by atoms with Crippen molar-refractivity contribution in [3.63, 3.8) is 0 Å². The fourth-order valence-electron chi connectivity index (χ4n) is 4.46. The minimum absolute atomic E-state index is 0.00703. The molecule has 3 aromatic carbocycles. The SMILES string of the molecule is CCCS(=O)(=O)Nc1ccc(F)c(C(=O)Nc2nn(Cc3ccc(OC)cc3)c3ncc(-c4ccc(Cl)cc4)cc23)c1F. The van der Waals surface area contributed by atoms with Crippen molar-refractivity contribution in [1.29, 1.82) is 0 Å². The maximum absolute atomic E-state index is 15.4. The topological polar surface area (TPSA) is 115 Å². The summed E-state index contributed by atoms with van der Waals surface area (Å²) in [5.74, 6) is -3.26. The van der Waals surface area contributed by atoms with Gasteiger partial charge >= 0.3 is 0 Å². The van der Waals surface area contributed by atoms with E-state index in [0.717, 1.165) is 23.3 Å². The molecule has 5 aromatic rings. The first-order valence-corrected chi connectivity index (χ1v) is 15.2. The van der Waals surface area contributed by atoms with Gasteiger partial charge in [0.2, 0.25) is 10.0 Å². The maximum Gasteiger partial charge on any atom is 0.262 e. The van der Waals surface area contributed by atoms with Gasteiger partial charge in [-0.15, -0.1) is 0 Å². The number of amides is 1. The van der Waals surface area contributed by atoms with E-state index < -0.39 is 38.8 Å². The van der Waals surface area contributed by atoms with Gasteiger partial charge in [0.15, 0.2) is 17.3 Å². The summed E-state index contributed by atoms with van der Waals surface area (Å²) in [6.45, 7) is 1.91. The largest absolute Gasteiger partial charge is 0.497 e. The third-order valence-corrected chi connectivity index (χ3v) is 8.27. The van der Waals surface area contributed by atoms with Gasteiger partial charge < -0.3 is 10.1 Å². The predicted octanol–water partition coefficient (Wildman–Crippen LogP) is 6.49. The Bertz CT molecular complexity index is 1910. The molecule has 0 unspecified atom stereocenters. The van der Waals surface area contributed by atoms with Crippen molar-refractivity contribution in [2.75, 3.05) is 22.9 Å². The molecule has 222 valence electrons. The lowest BCUT2D eigenvalue weighted by atomic mass is 10.1. The van der Waals surface area contributed by atoms with Crippen molar-refractivity contribution in [2.24, 2.45) is 0 Å². The van der Waals surface area contributed by atoms with Gasteiger partial charge in [0.25, 0.3) is 5.91 Å². The average Bonchev–Trinajstić information content (AvgIpc) is 3.31. The number of fused-ring (bicyclic) bond motifs is 1. The highest BCUT2D eigenvalue weighted by Crippen LogP contribution is 2.30. The van der Waals surface area contributed by atoms with Crippen LogP contribution in [0.5, 0.6) is 5.75 Å². The monoisotopic (exact) mass is 625 g/mol. The van der Waals surface area contributed by atoms with E-state index in [1.54, 1.807) is 67.4 Å². The number of sulfonamides is 1. The summed E-state index contributed by atoms with van der Waals surface area (Å²) < 4.78 is 63.4. The molecule has 2 N–H and O–H groups in total. The number of anilines is 2. The minimum Gasteiger partial charge on any atom is -0.497 e. The number of halogens is 3. The zero-order valence-corrected chi connectivity index (χ0v) is 24.6. The summed E-state index contributed by atoms with van der Waals surface area (Å²) in [5, 5.41) is 7.99. The second kappa shape index (κ2) is 12.4. The molecule has 1 amide bonds. The number of rotatable bonds is 10. The Hall–Kier alpha value is -4.55. The van der Waals surface area contributed by atoms with Crippen LogP contribution >= 0.6 is 11.6 Å². The number of benzene rings is 3. The Morgan fingerprint density at radius 1 is 1.02 bits per heavy atom. The number of nitrogens with one attached hydrogen (secondary N) is 2. The molecule has 0 aliphatic carbocycles. The van der Waals surface area contributed by atoms with E-state index in [2.05, 4.69) is 20.1 Å². The third-order valence-electron chi connectivity index (χ3n) is 6.54. The first-order chi connectivity index (χ1) is 20.6. The fraction of sp³-hybridized carbons (Fsp3) is 0.167. The molecule has 0 bridgehead atoms. The lowest BCUT2D eigenvalue weighted by molar-refractivity contribution is 0.101. The van der Waals surface area contributed by atoms with Crippen molar-refractivity contribution >= 4 is 50.1 Å². The molecular formula is C30H26ClF2N5O4S. The zero-order chi connectivity index (χ0) is 30.7. The molecule has 2 heterocycles. The number of nitrogens with zero attached hydrogens (tertiary/aromatic N) is 3. The lowest BCUT2D eigenvalue weighted by Gasteiger charge is -2.12. The summed E-state index contributed by atoms with van der Waals surface area (Å²) >= 11 is 6.04. The van der Waals surface area contributed by atoms with Crippen molar-refractivity contribution in [2.45, 2.75) is 19.9 Å². The van der Waals surface area contributed by atoms with Crippen LogP contribution in [-0.2, 0) is 16.6 Å². The number of aromatic nitrogens is 3. The third kappa shape index (κ3) is 6.60. The van der Waals surface area contributed by atoms with E-state index in [1.807, 2.05) is 12.1 Å². The van der Waals surface area contributed by atoms with E-state index >= 15 is 4.39 Å². The predicted molar refractivity (Wildman–Crippen MR) is 162 cm³/mol. The Kier molecular flexibility index (Phi) is 8.60. The number of carbonyl (C=O) groups excluding carboxylic acids is 1. The van der Waals surface area contributed by atoms with E-state index in [1.165, 1.54) is 0 Å². The zero-order valence-electron chi connectivity index (χ0n) is 23.1. The van der Waals surface area contributed by atoms with Crippen LogP contribution in [0.3, 0.4) is 0 Å². The van der Waals surface area contributed by atoms with Crippen molar-refractivity contribution < 1.29 is 26.7 Å². The lowest BCUT2D eigenvalue weighted by Crippen LogP contribution is -2.21. The summed E-state index contributed by atoms with van der Waals surface area (Å²) in [6, 6.07) is 17.9. The van der Waals surface area contributed by atoms with E-state index in [4.69, 9.17) is 16.3 Å². The van der Waals surface area contributed by atoms with Crippen LogP contribution in [0.25, 0.3) is 22.2 Å². The second-order valence-corrected chi connectivity index (χ2v) is 11.9. The highest BCUT2D eigenvalue weighted by molar-refractivity contribution is 7.92. The molecule has 0 fully saturated rings. The fourth-order valence-corrected chi connectivity index (χ4v) is 5.72. The molecule has 0 radical (unpaired) electrons. The van der Waals surface area contributed by atoms with Crippen LogP contribution in [0.2, 0.25) is 5.02 Å². The average molecular weight is 626 g/mol. The number of hydrogen-bond acceptors (Lipinski definition) is 6. The molecule has 0 atom stereocenters. The molecular weight excluding hydrogens is 600 g/mol. The van der Waals surface area contributed by atoms with Gasteiger partial charge in [-0.2, -0.15) is 5.10 Å². The highest BCUT2D eigenvalue weighted by atomic mass is 35.5. The molecule has 43 heavy (non-hydrogen) atoms. The molecule has 0 saturated heterocycles. The summed E-state index contributed by atoms with van der Waals surface area (Å²) in [4.78, 5) is 17.9. The van der Waals surface area contributed by atoms with Crippen LogP contribution in [0.15, 0.2) is 72.9 Å². The van der Waals surface area contributed by atoms with Crippen LogP contribution in [0, 0.1) is 11.6 Å². The van der Waals surface area contributed by atoms with Crippen molar-refractivity contribution in [1.82, 2.24) is 14.8 Å². The summed E-state index contributed by atoms with van der Waals surface area (Å²) in [6.07, 6.45) is 1.93. The van der Waals surface area contributed by atoms with Gasteiger partial charge in [-0.25, -0.2) is 26.9 Å². The van der Waals surface area contributed by atoms with Crippen molar-refractivity contribution in [3.8, 4) is 16.9 Å². The van der Waals surface area contributed by atoms with Gasteiger partial charge in [-0.05, 0) is 60.0 Å². The molecule has 13 heteroatoms. The minimum atomic E-state index is -3.90. The van der Waals surface area contributed by atoms with Crippen LogP contribution in [0.1, 0.15) is 29.3 Å². The van der Waals surface area contributed by atoms with Crippen molar-refractivity contribution in [3.05, 3.63) is 101 Å². The molecule has 0 spiro atoms. The van der Waals surface area contributed by atoms with Gasteiger partial charge in [0.1, 0.15) is 17.1 Å². The smallest absolute Gasteiger partial charge is 0.262 e. The Morgan fingerprint density at radius 2 is 1.74 bits per heavy atom. The molecule has 9 nitrogen and oxygen atoms in total. The second-order valence-electron chi connectivity index (χ2n) is 9.62. The Balaban J connectivity index is 1.55. The van der Waals surface area contributed by atoms with Crippen LogP contribution in [0.4, 0.5) is 20.3 Å².